The second-order valence-corrected chi connectivity index (χ2v) is 9.88. The van der Waals surface area contributed by atoms with Crippen LogP contribution in [0.4, 0.5) is 4.39 Å². The number of hydrogen-bond donors (Lipinski definition) is 2. The molecule has 3 amide bonds. The number of carbonyl (C=O) groups excluding carboxylic acids is 3. The number of carbonyl (C=O) groups is 3. The van der Waals surface area contributed by atoms with Gasteiger partial charge in [0, 0.05) is 50.9 Å². The van der Waals surface area contributed by atoms with Crippen molar-refractivity contribution in [2.24, 2.45) is 0 Å². The Bertz CT molecular complexity index is 1370. The summed E-state index contributed by atoms with van der Waals surface area (Å²) in [6, 6.07) is 3.93. The Morgan fingerprint density at radius 3 is 2.56 bits per heavy atom. The number of nitrogens with one attached hydrogen (secondary N) is 1. The topological polar surface area (TPSA) is 130 Å². The molecule has 4 rings (SSSR count). The van der Waals surface area contributed by atoms with Gasteiger partial charge in [-0.25, -0.2) is 9.07 Å². The molecule has 1 fully saturated rings. The van der Waals surface area contributed by atoms with Crippen LogP contribution < -0.4 is 20.5 Å². The zero-order chi connectivity index (χ0) is 29.4. The van der Waals surface area contributed by atoms with E-state index >= 15 is 0 Å². The maximum Gasteiger partial charge on any atom is 0.276 e. The number of aromatic hydroxyl groups is 1. The quantitative estimate of drug-likeness (QED) is 0.504. The molecule has 12 heteroatoms. The first-order chi connectivity index (χ1) is 19.8. The predicted molar refractivity (Wildman–Crippen MR) is 148 cm³/mol. The van der Waals surface area contributed by atoms with Gasteiger partial charge < -0.3 is 24.8 Å². The average molecular weight is 571 g/mol. The van der Waals surface area contributed by atoms with Gasteiger partial charge in [-0.3, -0.25) is 24.2 Å². The monoisotopic (exact) mass is 570 g/mol. The summed E-state index contributed by atoms with van der Waals surface area (Å²) in [6.45, 7) is 1.25. The van der Waals surface area contributed by atoms with Crippen molar-refractivity contribution in [2.45, 2.75) is 45.1 Å². The average Bonchev–Trinajstić information content (AvgIpc) is 2.97. The normalized spacial score (nSPS) is 18.6. The van der Waals surface area contributed by atoms with Crippen molar-refractivity contribution in [3.8, 4) is 11.5 Å². The minimum atomic E-state index is -1.05. The number of ether oxygens (including phenoxy) is 2. The Morgan fingerprint density at radius 2 is 1.78 bits per heavy atom. The fraction of sp³-hybridized carbons (Fsp3) is 0.448. The van der Waals surface area contributed by atoms with E-state index in [1.807, 2.05) is 12.2 Å². The van der Waals surface area contributed by atoms with Gasteiger partial charge in [0.15, 0.2) is 11.4 Å². The minimum Gasteiger partial charge on any atom is -0.502 e. The summed E-state index contributed by atoms with van der Waals surface area (Å²) in [4.78, 5) is 54.4. The van der Waals surface area contributed by atoms with Crippen LogP contribution in [0.25, 0.3) is 0 Å². The number of pyridine rings is 1. The van der Waals surface area contributed by atoms with Gasteiger partial charge in [0.2, 0.25) is 11.3 Å². The van der Waals surface area contributed by atoms with E-state index in [1.165, 1.54) is 30.1 Å². The number of fused-ring (bicyclic) bond motifs is 3. The lowest BCUT2D eigenvalue weighted by atomic mass is 10.1. The van der Waals surface area contributed by atoms with E-state index in [-0.39, 0.29) is 50.9 Å². The highest BCUT2D eigenvalue weighted by atomic mass is 19.1. The van der Waals surface area contributed by atoms with Crippen molar-refractivity contribution in [1.29, 1.82) is 0 Å². The van der Waals surface area contributed by atoms with Crippen LogP contribution in [0, 0.1) is 5.82 Å². The molecule has 2 aliphatic heterocycles. The van der Waals surface area contributed by atoms with Gasteiger partial charge in [0.05, 0.1) is 19.8 Å². The smallest absolute Gasteiger partial charge is 0.276 e. The molecule has 2 N–H and O–H groups in total. The number of allylic oxidation sites excluding steroid dienone is 1. The fourth-order valence-corrected chi connectivity index (χ4v) is 4.65. The molecule has 0 unspecified atom stereocenters. The van der Waals surface area contributed by atoms with Crippen LogP contribution in [-0.4, -0.2) is 72.4 Å². The standard InChI is InChI=1S/C29H35FN4O7/c1-32-24(35)9-7-5-3-2-4-6-8-14-41-23-17-21(30)11-10-20(23)18-31-28(38)22-19-34(32)25(27(37)26(22)36)29(39)33-12-15-40-16-13-33/h4,6,10-11,17,19,37H,2-3,5,7-9,12-16,18H2,1H3,(H,31,38)/b6-4+. The SMILES string of the molecule is CN1C(=O)CCCCC/C=C/CCOc2cc(F)ccc2CNC(=O)c2cn1c(C(=O)N1CCOCC1)c(O)c2=O. The lowest BCUT2D eigenvalue weighted by Gasteiger charge is -2.30. The third kappa shape index (κ3) is 7.31. The number of benzene rings is 1. The first kappa shape index (κ1) is 29.8. The maximum absolute atomic E-state index is 13.9. The summed E-state index contributed by atoms with van der Waals surface area (Å²) in [7, 11) is 1.42. The van der Waals surface area contributed by atoms with E-state index in [0.717, 1.165) is 35.1 Å². The fourth-order valence-electron chi connectivity index (χ4n) is 4.65. The number of rotatable bonds is 1. The number of aromatic nitrogens is 1. The number of morpholine rings is 1. The lowest BCUT2D eigenvalue weighted by Crippen LogP contribution is -2.46. The minimum absolute atomic E-state index is 0.103. The summed E-state index contributed by atoms with van der Waals surface area (Å²) in [5.74, 6) is -3.05. The summed E-state index contributed by atoms with van der Waals surface area (Å²) in [5, 5.41) is 14.7. The number of nitrogens with zero attached hydrogens (tertiary/aromatic N) is 3. The number of amides is 3. The highest BCUT2D eigenvalue weighted by Gasteiger charge is 2.30. The largest absolute Gasteiger partial charge is 0.502 e. The van der Waals surface area contributed by atoms with Crippen molar-refractivity contribution < 1.29 is 33.4 Å². The summed E-state index contributed by atoms with van der Waals surface area (Å²) >= 11 is 0. The lowest BCUT2D eigenvalue weighted by molar-refractivity contribution is -0.119. The summed E-state index contributed by atoms with van der Waals surface area (Å²) in [6.07, 6.45) is 8.97. The van der Waals surface area contributed by atoms with E-state index in [9.17, 15) is 28.7 Å². The van der Waals surface area contributed by atoms with Crippen LogP contribution in [0.5, 0.6) is 11.5 Å². The Kier molecular flexibility index (Phi) is 10.1. The highest BCUT2D eigenvalue weighted by Crippen LogP contribution is 2.22. The van der Waals surface area contributed by atoms with E-state index in [4.69, 9.17) is 9.47 Å². The van der Waals surface area contributed by atoms with Crippen molar-refractivity contribution in [3.63, 3.8) is 0 Å². The van der Waals surface area contributed by atoms with Crippen LogP contribution >= 0.6 is 0 Å². The van der Waals surface area contributed by atoms with Gasteiger partial charge in [0.1, 0.15) is 17.1 Å². The second-order valence-electron chi connectivity index (χ2n) is 9.88. The molecule has 3 heterocycles. The Labute approximate surface area is 237 Å². The van der Waals surface area contributed by atoms with Crippen molar-refractivity contribution in [1.82, 2.24) is 14.9 Å². The van der Waals surface area contributed by atoms with Gasteiger partial charge in [-0.15, -0.1) is 0 Å². The van der Waals surface area contributed by atoms with Crippen LogP contribution in [0.3, 0.4) is 0 Å². The third-order valence-electron chi connectivity index (χ3n) is 7.03. The molecule has 0 spiro atoms. The first-order valence-electron chi connectivity index (χ1n) is 13.7. The highest BCUT2D eigenvalue weighted by molar-refractivity contribution is 5.99. The molecular weight excluding hydrogens is 535 g/mol. The van der Waals surface area contributed by atoms with Gasteiger partial charge in [-0.05, 0) is 31.7 Å². The Balaban J connectivity index is 1.72. The zero-order valence-electron chi connectivity index (χ0n) is 23.1. The van der Waals surface area contributed by atoms with Gasteiger partial charge in [-0.2, -0.15) is 0 Å². The molecular formula is C29H35FN4O7. The van der Waals surface area contributed by atoms with E-state index in [1.54, 1.807) is 0 Å². The molecule has 220 valence electrons. The number of halogens is 1. The molecule has 1 aromatic heterocycles. The molecule has 0 saturated carbocycles. The van der Waals surface area contributed by atoms with Crippen molar-refractivity contribution in [2.75, 3.05) is 45.0 Å². The molecule has 2 aromatic rings. The number of hydrogen-bond acceptors (Lipinski definition) is 7. The van der Waals surface area contributed by atoms with E-state index in [2.05, 4.69) is 5.32 Å². The van der Waals surface area contributed by atoms with Crippen molar-refractivity contribution in [3.05, 3.63) is 69.4 Å². The molecule has 0 atom stereocenters. The van der Waals surface area contributed by atoms with Gasteiger partial charge in [-0.1, -0.05) is 24.6 Å². The maximum atomic E-state index is 13.9. The van der Waals surface area contributed by atoms with Gasteiger partial charge in [0.25, 0.3) is 11.8 Å². The first-order valence-corrected chi connectivity index (χ1v) is 13.7. The van der Waals surface area contributed by atoms with Crippen LogP contribution in [-0.2, 0) is 16.1 Å². The zero-order valence-corrected chi connectivity index (χ0v) is 23.1. The Hall–Kier alpha value is -4.19. The molecule has 1 aromatic carbocycles. The molecule has 2 bridgehead atoms. The molecule has 11 nitrogen and oxygen atoms in total. The van der Waals surface area contributed by atoms with E-state index in [0.29, 0.717) is 25.0 Å². The molecule has 41 heavy (non-hydrogen) atoms. The summed E-state index contributed by atoms with van der Waals surface area (Å²) < 4.78 is 26.1. The molecule has 0 radical (unpaired) electrons. The van der Waals surface area contributed by atoms with E-state index < -0.39 is 40.1 Å². The van der Waals surface area contributed by atoms with Crippen LogP contribution in [0.1, 0.15) is 64.9 Å². The predicted octanol–water partition coefficient (Wildman–Crippen LogP) is 2.48. The van der Waals surface area contributed by atoms with Crippen LogP contribution in [0.2, 0.25) is 0 Å². The van der Waals surface area contributed by atoms with Crippen molar-refractivity contribution >= 4 is 17.7 Å². The third-order valence-corrected chi connectivity index (χ3v) is 7.03. The molecule has 2 aliphatic rings. The van der Waals surface area contributed by atoms with Gasteiger partial charge >= 0.3 is 0 Å². The molecule has 1 saturated heterocycles. The molecule has 0 aliphatic carbocycles. The Morgan fingerprint density at radius 1 is 1.02 bits per heavy atom. The summed E-state index contributed by atoms with van der Waals surface area (Å²) in [5.41, 5.74) is -1.45. The van der Waals surface area contributed by atoms with Crippen LogP contribution in [0.15, 0.2) is 41.3 Å². The second kappa shape index (κ2) is 13.9.